The van der Waals surface area contributed by atoms with Crippen LogP contribution in [0, 0.1) is 5.92 Å². The molecule has 21 heavy (non-hydrogen) atoms. The Morgan fingerprint density at radius 2 is 2.00 bits per heavy atom. The van der Waals surface area contributed by atoms with E-state index in [0.29, 0.717) is 11.5 Å². The normalized spacial score (nSPS) is 22.9. The Labute approximate surface area is 132 Å². The molecule has 1 saturated carbocycles. The van der Waals surface area contributed by atoms with Gasteiger partial charge >= 0.3 is 0 Å². The smallest absolute Gasteiger partial charge is 0.240 e. The van der Waals surface area contributed by atoms with Crippen molar-refractivity contribution >= 4 is 27.2 Å². The summed E-state index contributed by atoms with van der Waals surface area (Å²) in [5.74, 6) is 0.628. The Balaban J connectivity index is 2.09. The maximum Gasteiger partial charge on any atom is 0.240 e. The van der Waals surface area contributed by atoms with Crippen molar-refractivity contribution in [3.05, 3.63) is 29.8 Å². The number of nitrogens with one attached hydrogen (secondary N) is 1. The van der Waals surface area contributed by atoms with Gasteiger partial charge in [0.05, 0.1) is 4.90 Å². The third-order valence-electron chi connectivity index (χ3n) is 4.13. The Morgan fingerprint density at radius 1 is 1.33 bits per heavy atom. The lowest BCUT2D eigenvalue weighted by Gasteiger charge is -2.28. The highest BCUT2D eigenvalue weighted by Gasteiger charge is 2.25. The van der Waals surface area contributed by atoms with E-state index in [0.717, 1.165) is 25.7 Å². The molecule has 116 valence electrons. The highest BCUT2D eigenvalue weighted by molar-refractivity contribution is 7.89. The van der Waals surface area contributed by atoms with Crippen molar-refractivity contribution in [2.75, 3.05) is 0 Å². The van der Waals surface area contributed by atoms with Crippen LogP contribution in [0.15, 0.2) is 29.2 Å². The molecule has 1 fully saturated rings. The summed E-state index contributed by atoms with van der Waals surface area (Å²) in [6.07, 6.45) is 5.26. The van der Waals surface area contributed by atoms with E-state index in [1.54, 1.807) is 24.3 Å². The number of hydrogen-bond acceptors (Lipinski definition) is 3. The molecular weight excluding hydrogens is 304 g/mol. The molecule has 0 aromatic heterocycles. The fourth-order valence-electron chi connectivity index (χ4n) is 2.85. The second-order valence-corrected chi connectivity index (χ2v) is 7.80. The SMILES string of the molecule is CCC1CCCC(NS(=O)(=O)c2ccc(C(N)=S)cc2)C1. The van der Waals surface area contributed by atoms with Gasteiger partial charge in [-0.2, -0.15) is 0 Å². The molecule has 6 heteroatoms. The quantitative estimate of drug-likeness (QED) is 0.816. The summed E-state index contributed by atoms with van der Waals surface area (Å²) in [7, 11) is -3.47. The molecule has 0 radical (unpaired) electrons. The molecule has 4 nitrogen and oxygen atoms in total. The van der Waals surface area contributed by atoms with Crippen molar-refractivity contribution < 1.29 is 8.42 Å². The molecule has 2 rings (SSSR count). The molecule has 0 bridgehead atoms. The maximum atomic E-state index is 12.4. The zero-order valence-corrected chi connectivity index (χ0v) is 13.8. The predicted molar refractivity (Wildman–Crippen MR) is 88.7 cm³/mol. The van der Waals surface area contributed by atoms with Gasteiger partial charge in [-0.25, -0.2) is 13.1 Å². The van der Waals surface area contributed by atoms with E-state index in [2.05, 4.69) is 11.6 Å². The van der Waals surface area contributed by atoms with Crippen molar-refractivity contribution in [3.8, 4) is 0 Å². The largest absolute Gasteiger partial charge is 0.389 e. The van der Waals surface area contributed by atoms with Crippen LogP contribution in [-0.2, 0) is 10.0 Å². The monoisotopic (exact) mass is 326 g/mol. The van der Waals surface area contributed by atoms with Crippen molar-refractivity contribution in [1.82, 2.24) is 4.72 Å². The van der Waals surface area contributed by atoms with Gasteiger partial charge in [0.1, 0.15) is 4.99 Å². The molecule has 2 atom stereocenters. The van der Waals surface area contributed by atoms with E-state index >= 15 is 0 Å². The van der Waals surface area contributed by atoms with Crippen molar-refractivity contribution in [2.45, 2.75) is 50.0 Å². The van der Waals surface area contributed by atoms with Crippen LogP contribution < -0.4 is 10.5 Å². The van der Waals surface area contributed by atoms with E-state index in [9.17, 15) is 8.42 Å². The second-order valence-electron chi connectivity index (χ2n) is 5.65. The third kappa shape index (κ3) is 4.25. The van der Waals surface area contributed by atoms with Gasteiger partial charge in [-0.05, 0) is 30.9 Å². The number of nitrogens with two attached hydrogens (primary N) is 1. The van der Waals surface area contributed by atoms with Gasteiger partial charge in [0.25, 0.3) is 0 Å². The molecule has 2 unspecified atom stereocenters. The van der Waals surface area contributed by atoms with Crippen LogP contribution in [0.3, 0.4) is 0 Å². The first kappa shape index (κ1) is 16.4. The summed E-state index contributed by atoms with van der Waals surface area (Å²) in [5, 5.41) is 0. The van der Waals surface area contributed by atoms with Gasteiger partial charge in [0, 0.05) is 11.6 Å². The summed E-state index contributed by atoms with van der Waals surface area (Å²) >= 11 is 4.87. The Kier molecular flexibility index (Phi) is 5.35. The van der Waals surface area contributed by atoms with Crippen molar-refractivity contribution in [3.63, 3.8) is 0 Å². The summed E-state index contributed by atoms with van der Waals surface area (Å²) < 4.78 is 27.6. The molecule has 0 spiro atoms. The summed E-state index contributed by atoms with van der Waals surface area (Å²) in [6, 6.07) is 6.44. The summed E-state index contributed by atoms with van der Waals surface area (Å²) in [4.78, 5) is 0.533. The lowest BCUT2D eigenvalue weighted by Crippen LogP contribution is -2.38. The van der Waals surface area contributed by atoms with Gasteiger partial charge < -0.3 is 5.73 Å². The molecule has 0 heterocycles. The van der Waals surface area contributed by atoms with Crippen molar-refractivity contribution in [1.29, 1.82) is 0 Å². The molecule has 1 aliphatic carbocycles. The minimum absolute atomic E-state index is 0.0453. The highest BCUT2D eigenvalue weighted by Crippen LogP contribution is 2.27. The molecule has 0 saturated heterocycles. The van der Waals surface area contributed by atoms with Gasteiger partial charge in [0.15, 0.2) is 0 Å². The van der Waals surface area contributed by atoms with Gasteiger partial charge in [0.2, 0.25) is 10.0 Å². The lowest BCUT2D eigenvalue weighted by molar-refractivity contribution is 0.301. The average molecular weight is 326 g/mol. The summed E-state index contributed by atoms with van der Waals surface area (Å²) in [5.41, 5.74) is 6.19. The standard InChI is InChI=1S/C15H22N2O2S2/c1-2-11-4-3-5-13(10-11)17-21(18,19)14-8-6-12(7-9-14)15(16)20/h6-9,11,13,17H,2-5,10H2,1H3,(H2,16,20). The Bertz CT molecular complexity index is 597. The van der Waals surface area contributed by atoms with Crippen LogP contribution in [0.2, 0.25) is 0 Å². The van der Waals surface area contributed by atoms with Crippen molar-refractivity contribution in [2.24, 2.45) is 11.7 Å². The first-order valence-electron chi connectivity index (χ1n) is 7.34. The highest BCUT2D eigenvalue weighted by atomic mass is 32.2. The lowest BCUT2D eigenvalue weighted by atomic mass is 9.85. The first-order chi connectivity index (χ1) is 9.92. The van der Waals surface area contributed by atoms with Crippen LogP contribution >= 0.6 is 12.2 Å². The number of benzene rings is 1. The van der Waals surface area contributed by atoms with Crippen LogP contribution in [-0.4, -0.2) is 19.4 Å². The molecule has 3 N–H and O–H groups in total. The molecule has 0 aliphatic heterocycles. The molecule has 1 aromatic carbocycles. The van der Waals surface area contributed by atoms with Gasteiger partial charge in [-0.15, -0.1) is 0 Å². The van der Waals surface area contributed by atoms with Crippen LogP contribution in [0.5, 0.6) is 0 Å². The van der Waals surface area contributed by atoms with E-state index in [-0.39, 0.29) is 15.9 Å². The Hall–Kier alpha value is -0.980. The van der Waals surface area contributed by atoms with E-state index < -0.39 is 10.0 Å². The molecule has 0 amide bonds. The molecule has 1 aromatic rings. The number of sulfonamides is 1. The van der Waals surface area contributed by atoms with Crippen LogP contribution in [0.25, 0.3) is 0 Å². The zero-order chi connectivity index (χ0) is 15.5. The van der Waals surface area contributed by atoms with E-state index in [4.69, 9.17) is 18.0 Å². The van der Waals surface area contributed by atoms with E-state index in [1.807, 2.05) is 0 Å². The zero-order valence-electron chi connectivity index (χ0n) is 12.2. The fourth-order valence-corrected chi connectivity index (χ4v) is 4.27. The van der Waals surface area contributed by atoms with Gasteiger partial charge in [-0.3, -0.25) is 0 Å². The maximum absolute atomic E-state index is 12.4. The minimum atomic E-state index is -3.47. The topological polar surface area (TPSA) is 72.2 Å². The van der Waals surface area contributed by atoms with E-state index in [1.165, 1.54) is 6.42 Å². The van der Waals surface area contributed by atoms with Crippen LogP contribution in [0.1, 0.15) is 44.6 Å². The fraction of sp³-hybridized carbons (Fsp3) is 0.533. The predicted octanol–water partition coefficient (Wildman–Crippen LogP) is 2.57. The number of thiocarbonyl (C=S) groups is 1. The molecule has 1 aliphatic rings. The first-order valence-corrected chi connectivity index (χ1v) is 9.23. The summed E-state index contributed by atoms with van der Waals surface area (Å²) in [6.45, 7) is 2.16. The third-order valence-corrected chi connectivity index (χ3v) is 5.90. The average Bonchev–Trinajstić information content (AvgIpc) is 2.47. The number of hydrogen-bond donors (Lipinski definition) is 2. The van der Waals surface area contributed by atoms with Crippen LogP contribution in [0.4, 0.5) is 0 Å². The molecular formula is C15H22N2O2S2. The number of rotatable bonds is 5. The minimum Gasteiger partial charge on any atom is -0.389 e. The Morgan fingerprint density at radius 3 is 2.57 bits per heavy atom. The van der Waals surface area contributed by atoms with Gasteiger partial charge in [-0.1, -0.05) is 50.5 Å². The second kappa shape index (κ2) is 6.85.